The van der Waals surface area contributed by atoms with E-state index in [1.807, 2.05) is 30.3 Å². The Bertz CT molecular complexity index is 553. The summed E-state index contributed by atoms with van der Waals surface area (Å²) in [5, 5.41) is 10.1. The molecule has 0 bridgehead atoms. The fourth-order valence-electron chi connectivity index (χ4n) is 1.97. The standard InChI is InChI=1S/C15H15BrFNO.ClH/c16-12-8-4-7-11(14(12)17)15(18)13(19)9-10-5-2-1-3-6-10;/h1-8,13,15,19H,9,18H2;1H/t13-,15+;/m0./s1. The Morgan fingerprint density at radius 3 is 2.40 bits per heavy atom. The van der Waals surface area contributed by atoms with E-state index in [0.29, 0.717) is 16.5 Å². The maximum atomic E-state index is 13.9. The highest BCUT2D eigenvalue weighted by molar-refractivity contribution is 9.10. The van der Waals surface area contributed by atoms with Crippen LogP contribution in [0.3, 0.4) is 0 Å². The van der Waals surface area contributed by atoms with Crippen molar-refractivity contribution in [2.75, 3.05) is 0 Å². The van der Waals surface area contributed by atoms with Crippen LogP contribution in [0.25, 0.3) is 0 Å². The van der Waals surface area contributed by atoms with Crippen LogP contribution in [-0.2, 0) is 6.42 Å². The van der Waals surface area contributed by atoms with Crippen molar-refractivity contribution in [3.8, 4) is 0 Å². The van der Waals surface area contributed by atoms with E-state index in [1.54, 1.807) is 18.2 Å². The van der Waals surface area contributed by atoms with Crippen LogP contribution in [0.4, 0.5) is 4.39 Å². The third kappa shape index (κ3) is 4.03. The van der Waals surface area contributed by atoms with E-state index in [1.165, 1.54) is 0 Å². The van der Waals surface area contributed by atoms with Crippen molar-refractivity contribution < 1.29 is 9.50 Å². The Labute approximate surface area is 132 Å². The van der Waals surface area contributed by atoms with Crippen LogP contribution < -0.4 is 5.73 Å². The summed E-state index contributed by atoms with van der Waals surface area (Å²) in [4.78, 5) is 0. The highest BCUT2D eigenvalue weighted by Gasteiger charge is 2.21. The van der Waals surface area contributed by atoms with Crippen molar-refractivity contribution in [1.29, 1.82) is 0 Å². The van der Waals surface area contributed by atoms with Crippen molar-refractivity contribution in [2.45, 2.75) is 18.6 Å². The Morgan fingerprint density at radius 1 is 1.10 bits per heavy atom. The van der Waals surface area contributed by atoms with Crippen LogP contribution in [0.2, 0.25) is 0 Å². The lowest BCUT2D eigenvalue weighted by Crippen LogP contribution is -2.29. The molecule has 0 heterocycles. The monoisotopic (exact) mass is 359 g/mol. The van der Waals surface area contributed by atoms with E-state index in [0.717, 1.165) is 5.56 Å². The first kappa shape index (κ1) is 17.1. The molecular formula is C15H16BrClFNO. The smallest absolute Gasteiger partial charge is 0.142 e. The summed E-state index contributed by atoms with van der Waals surface area (Å²) in [6.45, 7) is 0. The zero-order valence-electron chi connectivity index (χ0n) is 10.7. The number of nitrogens with two attached hydrogens (primary N) is 1. The van der Waals surface area contributed by atoms with E-state index in [9.17, 15) is 9.50 Å². The lowest BCUT2D eigenvalue weighted by Gasteiger charge is -2.20. The number of aliphatic hydroxyl groups is 1. The van der Waals surface area contributed by atoms with Gasteiger partial charge in [-0.05, 0) is 27.6 Å². The number of benzene rings is 2. The predicted octanol–water partition coefficient (Wildman–Crippen LogP) is 3.61. The quantitative estimate of drug-likeness (QED) is 0.875. The molecule has 3 N–H and O–H groups in total. The third-order valence-electron chi connectivity index (χ3n) is 3.04. The summed E-state index contributed by atoms with van der Waals surface area (Å²) < 4.78 is 14.3. The summed E-state index contributed by atoms with van der Waals surface area (Å²) in [6, 6.07) is 13.7. The van der Waals surface area contributed by atoms with E-state index in [-0.39, 0.29) is 12.4 Å². The predicted molar refractivity (Wildman–Crippen MR) is 84.4 cm³/mol. The molecule has 20 heavy (non-hydrogen) atoms. The molecule has 2 nitrogen and oxygen atoms in total. The van der Waals surface area contributed by atoms with Crippen molar-refractivity contribution in [1.82, 2.24) is 0 Å². The average Bonchev–Trinajstić information content (AvgIpc) is 2.42. The zero-order chi connectivity index (χ0) is 13.8. The lowest BCUT2D eigenvalue weighted by molar-refractivity contribution is 0.143. The molecule has 0 unspecified atom stereocenters. The normalized spacial score (nSPS) is 13.4. The third-order valence-corrected chi connectivity index (χ3v) is 3.66. The largest absolute Gasteiger partial charge is 0.391 e. The molecule has 0 radical (unpaired) electrons. The minimum absolute atomic E-state index is 0. The van der Waals surface area contributed by atoms with Crippen LogP contribution in [0.15, 0.2) is 53.0 Å². The van der Waals surface area contributed by atoms with Crippen molar-refractivity contribution in [3.63, 3.8) is 0 Å². The molecule has 2 aromatic carbocycles. The summed E-state index contributed by atoms with van der Waals surface area (Å²) in [5.41, 5.74) is 7.24. The summed E-state index contributed by atoms with van der Waals surface area (Å²) in [6.07, 6.45) is -0.431. The van der Waals surface area contributed by atoms with Crippen LogP contribution in [0.1, 0.15) is 17.2 Å². The topological polar surface area (TPSA) is 46.2 Å². The fraction of sp³-hybridized carbons (Fsp3) is 0.200. The van der Waals surface area contributed by atoms with Crippen LogP contribution >= 0.6 is 28.3 Å². The maximum absolute atomic E-state index is 13.9. The van der Waals surface area contributed by atoms with E-state index in [2.05, 4.69) is 15.9 Å². The van der Waals surface area contributed by atoms with Gasteiger partial charge >= 0.3 is 0 Å². The number of halogens is 3. The van der Waals surface area contributed by atoms with Gasteiger partial charge in [-0.25, -0.2) is 4.39 Å². The highest BCUT2D eigenvalue weighted by Crippen LogP contribution is 2.25. The van der Waals surface area contributed by atoms with Gasteiger partial charge in [-0.2, -0.15) is 0 Å². The van der Waals surface area contributed by atoms with Gasteiger partial charge in [0.05, 0.1) is 16.6 Å². The van der Waals surface area contributed by atoms with Gasteiger partial charge in [-0.15, -0.1) is 12.4 Å². The second kappa shape index (κ2) is 7.74. The van der Waals surface area contributed by atoms with Gasteiger partial charge in [-0.3, -0.25) is 0 Å². The summed E-state index contributed by atoms with van der Waals surface area (Å²) in [7, 11) is 0. The first-order valence-corrected chi connectivity index (χ1v) is 6.80. The van der Waals surface area contributed by atoms with Gasteiger partial charge in [0.2, 0.25) is 0 Å². The van der Waals surface area contributed by atoms with Gasteiger partial charge in [0.15, 0.2) is 0 Å². The Hall–Kier alpha value is -0.940. The van der Waals surface area contributed by atoms with Crippen molar-refractivity contribution >= 4 is 28.3 Å². The SMILES string of the molecule is Cl.N[C@H](c1cccc(Br)c1F)[C@@H](O)Cc1ccccc1. The molecule has 2 atom stereocenters. The molecular weight excluding hydrogens is 345 g/mol. The molecule has 0 aliphatic carbocycles. The molecule has 0 aliphatic heterocycles. The fourth-order valence-corrected chi connectivity index (χ4v) is 2.35. The van der Waals surface area contributed by atoms with Crippen molar-refractivity contribution in [3.05, 3.63) is 69.9 Å². The molecule has 2 aromatic rings. The maximum Gasteiger partial charge on any atom is 0.142 e. The molecule has 0 saturated carbocycles. The molecule has 0 aromatic heterocycles. The number of aliphatic hydroxyl groups excluding tert-OH is 1. The molecule has 5 heteroatoms. The van der Waals surface area contributed by atoms with Crippen LogP contribution in [-0.4, -0.2) is 11.2 Å². The van der Waals surface area contributed by atoms with Gasteiger partial charge < -0.3 is 10.8 Å². The van der Waals surface area contributed by atoms with Gasteiger partial charge in [0, 0.05) is 12.0 Å². The highest BCUT2D eigenvalue weighted by atomic mass is 79.9. The summed E-state index contributed by atoms with van der Waals surface area (Å²) in [5.74, 6) is -0.415. The van der Waals surface area contributed by atoms with Gasteiger partial charge in [-0.1, -0.05) is 42.5 Å². The lowest BCUT2D eigenvalue weighted by atomic mass is 9.96. The first-order chi connectivity index (χ1) is 9.09. The molecule has 2 rings (SSSR count). The van der Waals surface area contributed by atoms with Crippen molar-refractivity contribution in [2.24, 2.45) is 5.73 Å². The first-order valence-electron chi connectivity index (χ1n) is 6.01. The molecule has 0 amide bonds. The molecule has 0 aliphatic rings. The second-order valence-corrected chi connectivity index (χ2v) is 5.28. The van der Waals surface area contributed by atoms with Crippen LogP contribution in [0, 0.1) is 5.82 Å². The number of hydrogen-bond acceptors (Lipinski definition) is 2. The Kier molecular flexibility index (Phi) is 6.62. The molecule has 108 valence electrons. The van der Waals surface area contributed by atoms with Gasteiger partial charge in [0.1, 0.15) is 5.82 Å². The second-order valence-electron chi connectivity index (χ2n) is 4.43. The number of hydrogen-bond donors (Lipinski definition) is 2. The molecule has 0 spiro atoms. The van der Waals surface area contributed by atoms with E-state index >= 15 is 0 Å². The van der Waals surface area contributed by atoms with E-state index in [4.69, 9.17) is 5.73 Å². The summed E-state index contributed by atoms with van der Waals surface area (Å²) >= 11 is 3.12. The minimum Gasteiger partial charge on any atom is -0.391 e. The Morgan fingerprint density at radius 2 is 1.75 bits per heavy atom. The Balaban J connectivity index is 0.00000200. The molecule has 0 saturated heterocycles. The average molecular weight is 361 g/mol. The number of rotatable bonds is 4. The minimum atomic E-state index is -0.828. The zero-order valence-corrected chi connectivity index (χ0v) is 13.1. The van der Waals surface area contributed by atoms with Crippen LogP contribution in [0.5, 0.6) is 0 Å². The van der Waals surface area contributed by atoms with Gasteiger partial charge in [0.25, 0.3) is 0 Å². The molecule has 0 fully saturated rings. The van der Waals surface area contributed by atoms with E-state index < -0.39 is 18.0 Å².